The summed E-state index contributed by atoms with van der Waals surface area (Å²) in [6.45, 7) is 8.43. The van der Waals surface area contributed by atoms with Crippen LogP contribution in [0, 0.1) is 13.8 Å². The number of amides is 1. The first-order valence-electron chi connectivity index (χ1n) is 8.40. The van der Waals surface area contributed by atoms with Crippen molar-refractivity contribution in [2.75, 3.05) is 5.32 Å². The van der Waals surface area contributed by atoms with Gasteiger partial charge in [-0.15, -0.1) is 0 Å². The molecule has 25 heavy (non-hydrogen) atoms. The topological polar surface area (TPSA) is 42.0 Å². The number of aromatic nitrogens is 1. The Morgan fingerprint density at radius 2 is 1.76 bits per heavy atom. The maximum Gasteiger partial charge on any atom is 0.250 e. The number of aryl methyl sites for hydroxylation is 2. The Kier molecular flexibility index (Phi) is 5.00. The summed E-state index contributed by atoms with van der Waals surface area (Å²) in [4.78, 5) is 16.7. The lowest BCUT2D eigenvalue weighted by Gasteiger charge is -2.04. The third-order valence-corrected chi connectivity index (χ3v) is 5.31. The van der Waals surface area contributed by atoms with Crippen LogP contribution in [0.1, 0.15) is 42.0 Å². The molecule has 3 aromatic rings. The molecule has 128 valence electrons. The minimum Gasteiger partial charge on any atom is -0.298 e. The number of nitrogens with one attached hydrogen (secondary N) is 1. The normalized spacial score (nSPS) is 11.6. The molecule has 0 fully saturated rings. The van der Waals surface area contributed by atoms with Crippen molar-refractivity contribution in [1.29, 1.82) is 0 Å². The Hall–Kier alpha value is -2.46. The minimum atomic E-state index is -0.165. The molecule has 2 aromatic carbocycles. The Balaban J connectivity index is 1.72. The molecule has 1 heterocycles. The zero-order valence-electron chi connectivity index (χ0n) is 15.0. The van der Waals surface area contributed by atoms with Gasteiger partial charge in [-0.2, -0.15) is 0 Å². The van der Waals surface area contributed by atoms with Crippen molar-refractivity contribution in [3.05, 3.63) is 64.7 Å². The Labute approximate surface area is 152 Å². The van der Waals surface area contributed by atoms with Crippen molar-refractivity contribution in [2.24, 2.45) is 0 Å². The predicted molar refractivity (Wildman–Crippen MR) is 107 cm³/mol. The average Bonchev–Trinajstić information content (AvgIpc) is 3.02. The SMILES string of the molecule is Cc1ccc(C)c2sc(NC(=O)/C=C/c3ccc(C(C)C)cc3)nc12. The predicted octanol–water partition coefficient (Wildman–Crippen LogP) is 5.69. The van der Waals surface area contributed by atoms with Crippen LogP contribution in [0.3, 0.4) is 0 Å². The van der Waals surface area contributed by atoms with Gasteiger partial charge in [0.1, 0.15) is 0 Å². The maximum atomic E-state index is 12.2. The van der Waals surface area contributed by atoms with Crippen LogP contribution < -0.4 is 5.32 Å². The molecule has 1 N–H and O–H groups in total. The highest BCUT2D eigenvalue weighted by Crippen LogP contribution is 2.30. The molecule has 0 atom stereocenters. The van der Waals surface area contributed by atoms with Gasteiger partial charge in [0.2, 0.25) is 5.91 Å². The van der Waals surface area contributed by atoms with Crippen molar-refractivity contribution in [3.8, 4) is 0 Å². The van der Waals surface area contributed by atoms with Gasteiger partial charge in [-0.05, 0) is 48.1 Å². The fourth-order valence-corrected chi connectivity index (χ4v) is 3.64. The smallest absolute Gasteiger partial charge is 0.250 e. The van der Waals surface area contributed by atoms with Crippen LogP contribution in [0.5, 0.6) is 0 Å². The third kappa shape index (κ3) is 3.97. The zero-order valence-corrected chi connectivity index (χ0v) is 15.8. The molecule has 0 unspecified atom stereocenters. The fraction of sp³-hybridized carbons (Fsp3) is 0.238. The largest absolute Gasteiger partial charge is 0.298 e. The van der Waals surface area contributed by atoms with E-state index in [0.29, 0.717) is 11.0 Å². The summed E-state index contributed by atoms with van der Waals surface area (Å²) >= 11 is 1.52. The highest BCUT2D eigenvalue weighted by molar-refractivity contribution is 7.22. The second kappa shape index (κ2) is 7.19. The number of fused-ring (bicyclic) bond motifs is 1. The molecule has 1 aromatic heterocycles. The van der Waals surface area contributed by atoms with Gasteiger partial charge in [0, 0.05) is 6.08 Å². The van der Waals surface area contributed by atoms with E-state index in [1.807, 2.05) is 25.1 Å². The molecule has 0 aliphatic carbocycles. The highest BCUT2D eigenvalue weighted by atomic mass is 32.1. The number of nitrogens with zero attached hydrogens (tertiary/aromatic N) is 1. The Morgan fingerprint density at radius 1 is 1.08 bits per heavy atom. The van der Waals surface area contributed by atoms with E-state index in [-0.39, 0.29) is 5.91 Å². The number of carbonyl (C=O) groups excluding carboxylic acids is 1. The molecule has 0 bridgehead atoms. The number of thiazole rings is 1. The summed E-state index contributed by atoms with van der Waals surface area (Å²) in [7, 11) is 0. The minimum absolute atomic E-state index is 0.165. The summed E-state index contributed by atoms with van der Waals surface area (Å²) in [5.41, 5.74) is 5.57. The van der Waals surface area contributed by atoms with Crippen LogP contribution in [0.25, 0.3) is 16.3 Å². The standard InChI is InChI=1S/C21H22N2OS/c1-13(2)17-10-7-16(8-11-17)9-12-18(24)22-21-23-19-14(3)5-6-15(4)20(19)25-21/h5-13H,1-4H3,(H,22,23,24)/b12-9+. The van der Waals surface area contributed by atoms with Gasteiger partial charge in [0.25, 0.3) is 0 Å². The van der Waals surface area contributed by atoms with Gasteiger partial charge in [-0.25, -0.2) is 4.98 Å². The van der Waals surface area contributed by atoms with E-state index in [1.54, 1.807) is 6.08 Å². The van der Waals surface area contributed by atoms with Gasteiger partial charge in [-0.3, -0.25) is 10.1 Å². The number of anilines is 1. The van der Waals surface area contributed by atoms with Crippen molar-refractivity contribution in [1.82, 2.24) is 4.98 Å². The van der Waals surface area contributed by atoms with Crippen LogP contribution in [-0.4, -0.2) is 10.9 Å². The Bertz CT molecular complexity index is 897. The van der Waals surface area contributed by atoms with Crippen molar-refractivity contribution >= 4 is 38.7 Å². The van der Waals surface area contributed by atoms with Crippen LogP contribution in [0.2, 0.25) is 0 Å². The van der Waals surface area contributed by atoms with Crippen molar-refractivity contribution in [3.63, 3.8) is 0 Å². The first kappa shape index (κ1) is 17.4. The lowest BCUT2D eigenvalue weighted by molar-refractivity contribution is -0.111. The van der Waals surface area contributed by atoms with E-state index in [4.69, 9.17) is 0 Å². The number of benzene rings is 2. The summed E-state index contributed by atoms with van der Waals surface area (Å²) < 4.78 is 1.13. The van der Waals surface area contributed by atoms with E-state index < -0.39 is 0 Å². The maximum absolute atomic E-state index is 12.2. The summed E-state index contributed by atoms with van der Waals surface area (Å²) in [6, 6.07) is 12.4. The summed E-state index contributed by atoms with van der Waals surface area (Å²) in [6.07, 6.45) is 3.37. The van der Waals surface area contributed by atoms with Gasteiger partial charge in [0.05, 0.1) is 10.2 Å². The number of hydrogen-bond donors (Lipinski definition) is 1. The molecular formula is C21H22N2OS. The molecule has 1 amide bonds. The molecule has 0 saturated heterocycles. The molecule has 3 rings (SSSR count). The van der Waals surface area contributed by atoms with Gasteiger partial charge >= 0.3 is 0 Å². The van der Waals surface area contributed by atoms with Crippen LogP contribution in [0.15, 0.2) is 42.5 Å². The molecule has 0 saturated carbocycles. The van der Waals surface area contributed by atoms with Crippen LogP contribution in [0.4, 0.5) is 5.13 Å². The molecule has 0 radical (unpaired) electrons. The molecule has 0 aliphatic rings. The first-order chi connectivity index (χ1) is 11.9. The summed E-state index contributed by atoms with van der Waals surface area (Å²) in [5, 5.41) is 3.50. The fourth-order valence-electron chi connectivity index (χ4n) is 2.62. The number of rotatable bonds is 4. The lowest BCUT2D eigenvalue weighted by Crippen LogP contribution is -2.07. The van der Waals surface area contributed by atoms with E-state index in [0.717, 1.165) is 21.3 Å². The quantitative estimate of drug-likeness (QED) is 0.614. The van der Waals surface area contributed by atoms with Crippen molar-refractivity contribution < 1.29 is 4.79 Å². The van der Waals surface area contributed by atoms with Gasteiger partial charge in [0.15, 0.2) is 5.13 Å². The van der Waals surface area contributed by atoms with Gasteiger partial charge < -0.3 is 0 Å². The molecular weight excluding hydrogens is 328 g/mol. The zero-order chi connectivity index (χ0) is 18.0. The van der Waals surface area contributed by atoms with Crippen LogP contribution in [-0.2, 0) is 4.79 Å². The highest BCUT2D eigenvalue weighted by Gasteiger charge is 2.09. The lowest BCUT2D eigenvalue weighted by atomic mass is 10.0. The number of carbonyl (C=O) groups is 1. The van der Waals surface area contributed by atoms with E-state index >= 15 is 0 Å². The van der Waals surface area contributed by atoms with Crippen molar-refractivity contribution in [2.45, 2.75) is 33.6 Å². The second-order valence-electron chi connectivity index (χ2n) is 6.54. The third-order valence-electron chi connectivity index (χ3n) is 4.20. The second-order valence-corrected chi connectivity index (χ2v) is 7.54. The summed E-state index contributed by atoms with van der Waals surface area (Å²) in [5.74, 6) is 0.342. The molecule has 0 spiro atoms. The molecule has 4 heteroatoms. The van der Waals surface area contributed by atoms with E-state index in [9.17, 15) is 4.79 Å². The average molecular weight is 350 g/mol. The Morgan fingerprint density at radius 3 is 2.40 bits per heavy atom. The van der Waals surface area contributed by atoms with E-state index in [2.05, 4.69) is 55.3 Å². The molecule has 3 nitrogen and oxygen atoms in total. The first-order valence-corrected chi connectivity index (χ1v) is 9.21. The van der Waals surface area contributed by atoms with E-state index in [1.165, 1.54) is 22.5 Å². The molecule has 0 aliphatic heterocycles. The number of hydrogen-bond acceptors (Lipinski definition) is 3. The monoisotopic (exact) mass is 350 g/mol. The van der Waals surface area contributed by atoms with Gasteiger partial charge in [-0.1, -0.05) is 61.6 Å². The van der Waals surface area contributed by atoms with Crippen LogP contribution >= 0.6 is 11.3 Å².